The minimum absolute atomic E-state index is 0.200. The molecule has 0 spiro atoms. The lowest BCUT2D eigenvalue weighted by Crippen LogP contribution is -2.16. The summed E-state index contributed by atoms with van der Waals surface area (Å²) in [4.78, 5) is 16.9. The van der Waals surface area contributed by atoms with Gasteiger partial charge in [-0.25, -0.2) is 0 Å². The van der Waals surface area contributed by atoms with Crippen LogP contribution in [0.1, 0.15) is 25.0 Å². The molecule has 0 aromatic heterocycles. The highest BCUT2D eigenvalue weighted by Gasteiger charge is 2.11. The Bertz CT molecular complexity index is 791. The van der Waals surface area contributed by atoms with Gasteiger partial charge in [0.2, 0.25) is 0 Å². The Hall–Kier alpha value is -2.73. The summed E-state index contributed by atoms with van der Waals surface area (Å²) in [6.07, 6.45) is 2.40. The van der Waals surface area contributed by atoms with Gasteiger partial charge in [0, 0.05) is 11.3 Å². The second-order valence-corrected chi connectivity index (χ2v) is 5.98. The van der Waals surface area contributed by atoms with Gasteiger partial charge in [-0.05, 0) is 43.2 Å². The minimum atomic E-state index is -0.293. The van der Waals surface area contributed by atoms with Crippen LogP contribution >= 0.6 is 11.6 Å². The number of hydrogen-bond donors (Lipinski definition) is 1. The predicted molar refractivity (Wildman–Crippen MR) is 107 cm³/mol. The van der Waals surface area contributed by atoms with Crippen LogP contribution in [0.5, 0.6) is 11.5 Å². The largest absolute Gasteiger partial charge is 0.493 e. The monoisotopic (exact) mass is 390 g/mol. The molecule has 6 nitrogen and oxygen atoms in total. The van der Waals surface area contributed by atoms with Crippen LogP contribution in [0, 0.1) is 0 Å². The fourth-order valence-corrected chi connectivity index (χ4v) is 2.59. The zero-order valence-corrected chi connectivity index (χ0v) is 16.4. The van der Waals surface area contributed by atoms with E-state index in [0.717, 1.165) is 6.42 Å². The molecule has 0 aliphatic heterocycles. The average molecular weight is 391 g/mol. The third kappa shape index (κ3) is 6.18. The van der Waals surface area contributed by atoms with Gasteiger partial charge in [0.05, 0.1) is 25.0 Å². The Morgan fingerprint density at radius 1 is 1.22 bits per heavy atom. The van der Waals surface area contributed by atoms with Crippen LogP contribution in [0.3, 0.4) is 0 Å². The maximum Gasteiger partial charge on any atom is 0.265 e. The highest BCUT2D eigenvalue weighted by atomic mass is 35.5. The van der Waals surface area contributed by atoms with E-state index in [-0.39, 0.29) is 12.5 Å². The number of hydrogen-bond acceptors (Lipinski definition) is 5. The Balaban J connectivity index is 1.89. The molecule has 0 saturated heterocycles. The van der Waals surface area contributed by atoms with Gasteiger partial charge in [-0.3, -0.25) is 4.79 Å². The topological polar surface area (TPSA) is 69.2 Å². The van der Waals surface area contributed by atoms with Crippen molar-refractivity contribution in [2.45, 2.75) is 20.3 Å². The van der Waals surface area contributed by atoms with Crippen LogP contribution in [0.2, 0.25) is 5.02 Å². The first-order valence-corrected chi connectivity index (χ1v) is 8.99. The first-order valence-electron chi connectivity index (χ1n) is 8.61. The molecule has 0 heterocycles. The molecule has 2 aromatic carbocycles. The smallest absolute Gasteiger partial charge is 0.265 e. The van der Waals surface area contributed by atoms with Crippen LogP contribution in [0.15, 0.2) is 41.6 Å². The molecule has 144 valence electrons. The van der Waals surface area contributed by atoms with Gasteiger partial charge in [-0.1, -0.05) is 35.8 Å². The number of nitrogens with zero attached hydrogens (tertiary/aromatic N) is 1. The van der Waals surface area contributed by atoms with E-state index in [1.54, 1.807) is 12.1 Å². The van der Waals surface area contributed by atoms with Crippen LogP contribution < -0.4 is 14.8 Å². The van der Waals surface area contributed by atoms with Gasteiger partial charge < -0.3 is 19.6 Å². The van der Waals surface area contributed by atoms with Crippen LogP contribution in [-0.4, -0.2) is 32.4 Å². The van der Waals surface area contributed by atoms with Crippen molar-refractivity contribution in [2.24, 2.45) is 5.16 Å². The van der Waals surface area contributed by atoms with Crippen molar-refractivity contribution in [1.82, 2.24) is 0 Å². The molecule has 7 heteroatoms. The van der Waals surface area contributed by atoms with E-state index >= 15 is 0 Å². The third-order valence-corrected chi connectivity index (χ3v) is 3.94. The van der Waals surface area contributed by atoms with E-state index < -0.39 is 0 Å². The van der Waals surface area contributed by atoms with Crippen molar-refractivity contribution >= 4 is 29.4 Å². The lowest BCUT2D eigenvalue weighted by Gasteiger charge is -2.11. The summed E-state index contributed by atoms with van der Waals surface area (Å²) in [6.45, 7) is 4.21. The van der Waals surface area contributed by atoms with Gasteiger partial charge in [0.25, 0.3) is 5.91 Å². The molecule has 27 heavy (non-hydrogen) atoms. The summed E-state index contributed by atoms with van der Waals surface area (Å²) >= 11 is 6.20. The molecule has 0 aliphatic carbocycles. The molecule has 1 N–H and O–H groups in total. The van der Waals surface area contributed by atoms with E-state index in [1.165, 1.54) is 18.9 Å². The molecular formula is C20H23ClN2O4. The highest BCUT2D eigenvalue weighted by Crippen LogP contribution is 2.35. The first kappa shape index (κ1) is 20.6. The second-order valence-electron chi connectivity index (χ2n) is 5.57. The first-order chi connectivity index (χ1) is 13.1. The van der Waals surface area contributed by atoms with Crippen LogP contribution in [-0.2, 0) is 16.1 Å². The number of ether oxygens (including phenoxy) is 2. The zero-order valence-electron chi connectivity index (χ0n) is 15.6. The van der Waals surface area contributed by atoms with Crippen molar-refractivity contribution in [3.63, 3.8) is 0 Å². The Kier molecular flexibility index (Phi) is 7.95. The Morgan fingerprint density at radius 3 is 2.59 bits per heavy atom. The number of halogens is 1. The van der Waals surface area contributed by atoms with Gasteiger partial charge in [0.15, 0.2) is 18.1 Å². The number of carbonyl (C=O) groups excluding carboxylic acids is 1. The molecule has 0 fully saturated rings. The highest BCUT2D eigenvalue weighted by molar-refractivity contribution is 6.32. The summed E-state index contributed by atoms with van der Waals surface area (Å²) in [5, 5.41) is 6.96. The molecule has 0 radical (unpaired) electrons. The molecule has 0 atom stereocenters. The molecule has 0 saturated carbocycles. The maximum atomic E-state index is 11.9. The Labute approximate surface area is 164 Å². The predicted octanol–water partition coefficient (Wildman–Crippen LogP) is 4.30. The minimum Gasteiger partial charge on any atom is -0.493 e. The van der Waals surface area contributed by atoms with Crippen LogP contribution in [0.4, 0.5) is 5.69 Å². The van der Waals surface area contributed by atoms with Crippen molar-refractivity contribution in [2.75, 3.05) is 25.6 Å². The standard InChI is InChI=1S/C20H23ClN2O4/c1-4-14-6-8-16(9-7-14)23-19(24)13-27-22-12-15-10-17(21)20(26-5-2)18(11-15)25-3/h6-12H,4-5,13H2,1-3H3,(H,23,24)/b22-12-. The summed E-state index contributed by atoms with van der Waals surface area (Å²) < 4.78 is 10.7. The quantitative estimate of drug-likeness (QED) is 0.512. The third-order valence-electron chi connectivity index (χ3n) is 3.66. The molecule has 0 aliphatic rings. The molecule has 2 rings (SSSR count). The van der Waals surface area contributed by atoms with E-state index in [2.05, 4.69) is 17.4 Å². The van der Waals surface area contributed by atoms with Crippen molar-refractivity contribution in [1.29, 1.82) is 0 Å². The number of methoxy groups -OCH3 is 1. The van der Waals surface area contributed by atoms with Gasteiger partial charge >= 0.3 is 0 Å². The molecule has 0 unspecified atom stereocenters. The van der Waals surface area contributed by atoms with Crippen molar-refractivity contribution < 1.29 is 19.1 Å². The number of carbonyl (C=O) groups is 1. The van der Waals surface area contributed by atoms with Crippen molar-refractivity contribution in [3.8, 4) is 11.5 Å². The normalized spacial score (nSPS) is 10.7. The fourth-order valence-electron chi connectivity index (χ4n) is 2.31. The molecule has 2 aromatic rings. The summed E-state index contributed by atoms with van der Waals surface area (Å²) in [6, 6.07) is 11.0. The zero-order chi connectivity index (χ0) is 19.6. The molecular weight excluding hydrogens is 368 g/mol. The van der Waals surface area contributed by atoms with Crippen LogP contribution in [0.25, 0.3) is 0 Å². The molecule has 1 amide bonds. The van der Waals surface area contributed by atoms with E-state index in [0.29, 0.717) is 34.4 Å². The van der Waals surface area contributed by atoms with E-state index in [9.17, 15) is 4.79 Å². The van der Waals surface area contributed by atoms with Gasteiger partial charge in [0.1, 0.15) is 0 Å². The number of benzene rings is 2. The number of rotatable bonds is 9. The van der Waals surface area contributed by atoms with Crippen molar-refractivity contribution in [3.05, 3.63) is 52.5 Å². The van der Waals surface area contributed by atoms with Gasteiger partial charge in [-0.2, -0.15) is 0 Å². The lowest BCUT2D eigenvalue weighted by molar-refractivity contribution is -0.120. The Morgan fingerprint density at radius 2 is 1.96 bits per heavy atom. The number of amides is 1. The summed E-state index contributed by atoms with van der Waals surface area (Å²) in [5.41, 5.74) is 2.59. The lowest BCUT2D eigenvalue weighted by atomic mass is 10.1. The number of anilines is 1. The second kappa shape index (κ2) is 10.4. The SMILES string of the molecule is CCOc1c(Cl)cc(/C=N\OCC(=O)Nc2ccc(CC)cc2)cc1OC. The maximum absolute atomic E-state index is 11.9. The fraction of sp³-hybridized carbons (Fsp3) is 0.300. The summed E-state index contributed by atoms with van der Waals surface area (Å²) in [7, 11) is 1.53. The average Bonchev–Trinajstić information content (AvgIpc) is 2.67. The number of nitrogens with one attached hydrogen (secondary N) is 1. The summed E-state index contributed by atoms with van der Waals surface area (Å²) in [5.74, 6) is 0.686. The van der Waals surface area contributed by atoms with E-state index in [4.69, 9.17) is 25.9 Å². The molecule has 0 bridgehead atoms. The number of oxime groups is 1. The number of aryl methyl sites for hydroxylation is 1. The van der Waals surface area contributed by atoms with E-state index in [1.807, 2.05) is 31.2 Å². The van der Waals surface area contributed by atoms with Gasteiger partial charge in [-0.15, -0.1) is 0 Å².